The van der Waals surface area contributed by atoms with Gasteiger partial charge in [-0.3, -0.25) is 4.99 Å². The second-order valence-corrected chi connectivity index (χ2v) is 7.18. The summed E-state index contributed by atoms with van der Waals surface area (Å²) in [4.78, 5) is 11.1. The molecule has 6 nitrogen and oxygen atoms in total. The molecule has 0 aliphatic carbocycles. The van der Waals surface area contributed by atoms with Gasteiger partial charge in [0.15, 0.2) is 5.96 Å². The van der Waals surface area contributed by atoms with Crippen molar-refractivity contribution in [1.82, 2.24) is 24.3 Å². The summed E-state index contributed by atoms with van der Waals surface area (Å²) in [6.45, 7) is 4.57. The van der Waals surface area contributed by atoms with Crippen molar-refractivity contribution in [3.05, 3.63) is 53.1 Å². The predicted molar refractivity (Wildman–Crippen MR) is 128 cm³/mol. The second kappa shape index (κ2) is 10.2. The lowest BCUT2D eigenvalue weighted by atomic mass is 10.3. The minimum Gasteiger partial charge on any atom is -0.356 e. The van der Waals surface area contributed by atoms with Crippen LogP contribution in [0.2, 0.25) is 5.02 Å². The highest BCUT2D eigenvalue weighted by Gasteiger charge is 2.10. The van der Waals surface area contributed by atoms with E-state index in [2.05, 4.69) is 49.9 Å². The maximum Gasteiger partial charge on any atom is 0.193 e. The maximum absolute atomic E-state index is 6.08. The van der Waals surface area contributed by atoms with E-state index in [-0.39, 0.29) is 24.0 Å². The number of aryl methyl sites for hydroxylation is 3. The SMILES string of the molecule is CN=C(NCCCn1c(C)nc2ccccc21)N(C)Cc1cc(Cl)cn1C.I. The second-order valence-electron chi connectivity index (χ2n) is 6.74. The molecule has 0 unspecified atom stereocenters. The Kier molecular flexibility index (Phi) is 8.18. The molecule has 0 aliphatic heterocycles. The molecular weight excluding hydrogens is 487 g/mol. The number of benzene rings is 1. The Morgan fingerprint density at radius 2 is 2.07 bits per heavy atom. The van der Waals surface area contributed by atoms with Gasteiger partial charge in [0.25, 0.3) is 0 Å². The van der Waals surface area contributed by atoms with E-state index in [1.54, 1.807) is 0 Å². The number of aliphatic imine (C=N–C) groups is 1. The summed E-state index contributed by atoms with van der Waals surface area (Å²) in [5.41, 5.74) is 3.39. The minimum atomic E-state index is 0. The standard InChI is InChI=1S/C20H27ClN6.HI/c1-15-24-18-8-5-6-9-19(18)27(15)11-7-10-23-20(22-2)26(4)14-17-12-16(21)13-25(17)3;/h5-6,8-9,12-13H,7,10-11,14H2,1-4H3,(H,22,23);1H. The normalized spacial score (nSPS) is 11.5. The number of nitrogens with one attached hydrogen (secondary N) is 1. The summed E-state index contributed by atoms with van der Waals surface area (Å²) in [5.74, 6) is 1.93. The van der Waals surface area contributed by atoms with Crippen molar-refractivity contribution in [3.63, 3.8) is 0 Å². The summed E-state index contributed by atoms with van der Waals surface area (Å²) >= 11 is 6.08. The molecule has 28 heavy (non-hydrogen) atoms. The smallest absolute Gasteiger partial charge is 0.193 e. The van der Waals surface area contributed by atoms with Crippen molar-refractivity contribution in [2.45, 2.75) is 26.4 Å². The van der Waals surface area contributed by atoms with E-state index < -0.39 is 0 Å². The third-order valence-electron chi connectivity index (χ3n) is 4.73. The van der Waals surface area contributed by atoms with Crippen molar-refractivity contribution in [2.24, 2.45) is 12.0 Å². The highest BCUT2D eigenvalue weighted by atomic mass is 127. The summed E-state index contributed by atoms with van der Waals surface area (Å²) in [6, 6.07) is 10.3. The van der Waals surface area contributed by atoms with Gasteiger partial charge in [0.05, 0.1) is 22.6 Å². The number of nitrogens with zero attached hydrogens (tertiary/aromatic N) is 5. The van der Waals surface area contributed by atoms with Crippen LogP contribution in [0.5, 0.6) is 0 Å². The molecule has 0 fully saturated rings. The van der Waals surface area contributed by atoms with Crippen LogP contribution in [0.25, 0.3) is 11.0 Å². The van der Waals surface area contributed by atoms with E-state index in [1.807, 2.05) is 44.0 Å². The van der Waals surface area contributed by atoms with Crippen LogP contribution >= 0.6 is 35.6 Å². The molecule has 0 saturated heterocycles. The molecule has 3 aromatic rings. The largest absolute Gasteiger partial charge is 0.356 e. The molecule has 152 valence electrons. The van der Waals surface area contributed by atoms with Crippen molar-refractivity contribution in [3.8, 4) is 0 Å². The van der Waals surface area contributed by atoms with E-state index in [9.17, 15) is 0 Å². The number of aromatic nitrogens is 3. The topological polar surface area (TPSA) is 50.4 Å². The molecule has 1 N–H and O–H groups in total. The molecule has 2 heterocycles. The van der Waals surface area contributed by atoms with Crippen LogP contribution in [0.3, 0.4) is 0 Å². The van der Waals surface area contributed by atoms with E-state index in [0.717, 1.165) is 54.1 Å². The zero-order valence-electron chi connectivity index (χ0n) is 16.8. The Labute approximate surface area is 188 Å². The molecule has 2 aromatic heterocycles. The third kappa shape index (κ3) is 5.20. The number of hydrogen-bond donors (Lipinski definition) is 1. The molecule has 3 rings (SSSR count). The van der Waals surface area contributed by atoms with Gasteiger partial charge in [-0.2, -0.15) is 0 Å². The molecule has 0 saturated carbocycles. The number of imidazole rings is 1. The van der Waals surface area contributed by atoms with Gasteiger partial charge in [-0.15, -0.1) is 24.0 Å². The third-order valence-corrected chi connectivity index (χ3v) is 4.94. The monoisotopic (exact) mass is 514 g/mol. The molecule has 0 spiro atoms. The van der Waals surface area contributed by atoms with Gasteiger partial charge < -0.3 is 19.4 Å². The minimum absolute atomic E-state index is 0. The quantitative estimate of drug-likeness (QED) is 0.234. The Balaban J connectivity index is 0.00000280. The van der Waals surface area contributed by atoms with Crippen LogP contribution in [0, 0.1) is 6.92 Å². The van der Waals surface area contributed by atoms with Gasteiger partial charge in [-0.05, 0) is 31.5 Å². The zero-order chi connectivity index (χ0) is 19.4. The van der Waals surface area contributed by atoms with Crippen LogP contribution in [0.1, 0.15) is 17.9 Å². The molecule has 0 aliphatic rings. The number of fused-ring (bicyclic) bond motifs is 1. The Morgan fingerprint density at radius 1 is 1.32 bits per heavy atom. The summed E-state index contributed by atoms with van der Waals surface area (Å²) < 4.78 is 4.31. The zero-order valence-corrected chi connectivity index (χ0v) is 19.9. The van der Waals surface area contributed by atoms with Crippen molar-refractivity contribution in [1.29, 1.82) is 0 Å². The van der Waals surface area contributed by atoms with Crippen molar-refractivity contribution in [2.75, 3.05) is 20.6 Å². The predicted octanol–water partition coefficient (Wildman–Crippen LogP) is 4.05. The average molecular weight is 515 g/mol. The fourth-order valence-corrected chi connectivity index (χ4v) is 3.61. The highest BCUT2D eigenvalue weighted by molar-refractivity contribution is 14.0. The van der Waals surface area contributed by atoms with E-state index in [4.69, 9.17) is 11.6 Å². The molecule has 0 amide bonds. The fraction of sp³-hybridized carbons (Fsp3) is 0.400. The van der Waals surface area contributed by atoms with Crippen molar-refractivity contribution < 1.29 is 0 Å². The fourth-order valence-electron chi connectivity index (χ4n) is 3.34. The van der Waals surface area contributed by atoms with Gasteiger partial charge in [-0.1, -0.05) is 23.7 Å². The Bertz CT molecular complexity index is 945. The number of guanidine groups is 1. The summed E-state index contributed by atoms with van der Waals surface area (Å²) in [6.07, 6.45) is 2.91. The lowest BCUT2D eigenvalue weighted by Crippen LogP contribution is -2.39. The molecule has 8 heteroatoms. The maximum atomic E-state index is 6.08. The lowest BCUT2D eigenvalue weighted by Gasteiger charge is -2.22. The molecule has 1 aromatic carbocycles. The van der Waals surface area contributed by atoms with Gasteiger partial charge in [-0.25, -0.2) is 4.98 Å². The first-order valence-electron chi connectivity index (χ1n) is 9.14. The highest BCUT2D eigenvalue weighted by Crippen LogP contribution is 2.16. The average Bonchev–Trinajstić information content (AvgIpc) is 3.12. The molecular formula is C20H28ClIN6. The Morgan fingerprint density at radius 3 is 2.75 bits per heavy atom. The van der Waals surface area contributed by atoms with E-state index in [1.165, 1.54) is 5.52 Å². The number of para-hydroxylation sites is 2. The van der Waals surface area contributed by atoms with Crippen LogP contribution in [0.4, 0.5) is 0 Å². The summed E-state index contributed by atoms with van der Waals surface area (Å²) in [7, 11) is 5.84. The van der Waals surface area contributed by atoms with Gasteiger partial charge in [0, 0.05) is 46.1 Å². The van der Waals surface area contributed by atoms with Crippen molar-refractivity contribution >= 4 is 52.6 Å². The lowest BCUT2D eigenvalue weighted by molar-refractivity contribution is 0.459. The van der Waals surface area contributed by atoms with Crippen LogP contribution in [0.15, 0.2) is 41.5 Å². The van der Waals surface area contributed by atoms with E-state index in [0.29, 0.717) is 0 Å². The van der Waals surface area contributed by atoms with Gasteiger partial charge in [0.1, 0.15) is 5.82 Å². The first-order valence-corrected chi connectivity index (χ1v) is 9.51. The van der Waals surface area contributed by atoms with Crippen LogP contribution < -0.4 is 5.32 Å². The Hall–Kier alpha value is -1.74. The number of halogens is 2. The van der Waals surface area contributed by atoms with E-state index >= 15 is 0 Å². The number of rotatable bonds is 6. The first kappa shape index (κ1) is 22.5. The molecule has 0 bridgehead atoms. The number of hydrogen-bond acceptors (Lipinski definition) is 2. The van der Waals surface area contributed by atoms with Gasteiger partial charge in [0.2, 0.25) is 0 Å². The van der Waals surface area contributed by atoms with Crippen LogP contribution in [-0.2, 0) is 20.1 Å². The molecule has 0 atom stereocenters. The molecule has 0 radical (unpaired) electrons. The van der Waals surface area contributed by atoms with Gasteiger partial charge >= 0.3 is 0 Å². The summed E-state index contributed by atoms with van der Waals surface area (Å²) in [5, 5.41) is 4.20. The van der Waals surface area contributed by atoms with Crippen LogP contribution in [-0.4, -0.2) is 45.6 Å². The first-order chi connectivity index (χ1) is 13.0.